The van der Waals surface area contributed by atoms with E-state index in [9.17, 15) is 9.90 Å². The summed E-state index contributed by atoms with van der Waals surface area (Å²) in [6.45, 7) is 2.29. The quantitative estimate of drug-likeness (QED) is 0.0995. The van der Waals surface area contributed by atoms with Gasteiger partial charge in [-0.1, -0.05) is 187 Å². The van der Waals surface area contributed by atoms with Crippen molar-refractivity contribution in [3.63, 3.8) is 0 Å². The van der Waals surface area contributed by atoms with Crippen LogP contribution in [0.4, 0.5) is 0 Å². The molecule has 1 fully saturated rings. The van der Waals surface area contributed by atoms with Crippen LogP contribution in [0.3, 0.4) is 0 Å². The predicted octanol–water partition coefficient (Wildman–Crippen LogP) is 10.7. The zero-order valence-electron chi connectivity index (χ0n) is 29.2. The molecule has 0 saturated carbocycles. The molecule has 0 spiro atoms. The molecule has 7 rings (SSSR count). The summed E-state index contributed by atoms with van der Waals surface area (Å²) in [5.41, 5.74) is 8.15. The molecule has 2 N–H and O–H groups in total. The van der Waals surface area contributed by atoms with Crippen LogP contribution in [0.15, 0.2) is 143 Å². The Hall–Kier alpha value is -4.12. The molecule has 1 aromatic heterocycles. The number of oxazole rings is 1. The van der Waals surface area contributed by atoms with Gasteiger partial charge in [-0.15, -0.1) is 0 Å². The van der Waals surface area contributed by atoms with Crippen LogP contribution in [-0.4, -0.2) is 31.6 Å². The Bertz CT molecular complexity index is 2100. The molecule has 2 heterocycles. The summed E-state index contributed by atoms with van der Waals surface area (Å²) >= 11 is 18.8. The predicted molar refractivity (Wildman–Crippen MR) is 215 cm³/mol. The van der Waals surface area contributed by atoms with Gasteiger partial charge >= 0.3 is 0 Å². The zero-order chi connectivity index (χ0) is 37.7. The van der Waals surface area contributed by atoms with Gasteiger partial charge in [0.2, 0.25) is 0 Å². The fourth-order valence-corrected chi connectivity index (χ4v) is 7.64. The van der Waals surface area contributed by atoms with Crippen LogP contribution in [0.2, 0.25) is 0 Å². The summed E-state index contributed by atoms with van der Waals surface area (Å²) in [7, 11) is 0. The lowest BCUT2D eigenvalue weighted by atomic mass is 9.91. The summed E-state index contributed by atoms with van der Waals surface area (Å²) in [4.78, 5) is 17.2. The van der Waals surface area contributed by atoms with Gasteiger partial charge in [-0.2, -0.15) is 0 Å². The average molecular weight is 800 g/mol. The Morgan fingerprint density at radius 3 is 2.07 bits per heavy atom. The first kappa shape index (κ1) is 38.2. The van der Waals surface area contributed by atoms with E-state index in [0.29, 0.717) is 11.0 Å². The zero-order valence-corrected chi connectivity index (χ0v) is 32.3. The van der Waals surface area contributed by atoms with Gasteiger partial charge in [-0.25, -0.2) is 4.98 Å². The maximum absolute atomic E-state index is 12.2. The molecule has 1 saturated heterocycles. The Balaban J connectivity index is 1.14. The van der Waals surface area contributed by atoms with Crippen LogP contribution in [0.1, 0.15) is 41.6 Å². The number of hydrogen-bond donors (Lipinski definition) is 2. The number of halogens is 3. The van der Waals surface area contributed by atoms with Crippen molar-refractivity contribution >= 4 is 52.5 Å². The van der Waals surface area contributed by atoms with E-state index in [1.165, 1.54) is 11.8 Å². The van der Waals surface area contributed by atoms with Crippen LogP contribution >= 0.6 is 46.6 Å². The van der Waals surface area contributed by atoms with Gasteiger partial charge in [0, 0.05) is 34.9 Å². The second-order valence-electron chi connectivity index (χ2n) is 13.0. The third-order valence-electron chi connectivity index (χ3n) is 9.39. The van der Waals surface area contributed by atoms with Crippen molar-refractivity contribution in [3.05, 3.63) is 156 Å². The number of aliphatic hydroxyl groups is 1. The number of aromatic nitrogens is 1. The lowest BCUT2D eigenvalue weighted by Crippen LogP contribution is -2.38. The molecular weight excluding hydrogens is 763 g/mol. The summed E-state index contributed by atoms with van der Waals surface area (Å²) in [6, 6.07) is 43.7. The molecule has 276 valence electrons. The first-order chi connectivity index (χ1) is 26.2. The molecule has 1 aliphatic rings. The fraction of sp³-hybridized carbons (Fsp3) is 0.209. The lowest BCUT2D eigenvalue weighted by molar-refractivity contribution is -0.268. The van der Waals surface area contributed by atoms with E-state index in [-0.39, 0.29) is 31.3 Å². The third kappa shape index (κ3) is 8.88. The first-order valence-electron chi connectivity index (χ1n) is 17.5. The number of alkyl halides is 3. The minimum absolute atomic E-state index is 0.0278. The number of hydrogen-bond acceptors (Lipinski definition) is 7. The third-order valence-corrected chi connectivity index (χ3v) is 10.8. The normalized spacial score (nSPS) is 18.7. The van der Waals surface area contributed by atoms with Gasteiger partial charge in [0.25, 0.3) is 14.9 Å². The molecular formula is C43H37Cl3N2O5S. The number of benzene rings is 5. The van der Waals surface area contributed by atoms with E-state index < -0.39 is 16.0 Å². The van der Waals surface area contributed by atoms with Crippen LogP contribution in [0.5, 0.6) is 0 Å². The van der Waals surface area contributed by atoms with E-state index in [4.69, 9.17) is 53.7 Å². The number of rotatable bonds is 11. The average Bonchev–Trinajstić information content (AvgIpc) is 3.64. The maximum atomic E-state index is 12.2. The molecule has 7 nitrogen and oxygen atoms in total. The van der Waals surface area contributed by atoms with Gasteiger partial charge in [-0.05, 0) is 27.8 Å². The highest BCUT2D eigenvalue weighted by Crippen LogP contribution is 2.44. The molecule has 0 unspecified atom stereocenters. The number of aliphatic hydroxyl groups excluding tert-OH is 1. The number of thioether (sulfide) groups is 1. The Kier molecular flexibility index (Phi) is 12.1. The minimum atomic E-state index is -2.05. The van der Waals surface area contributed by atoms with E-state index in [0.717, 1.165) is 56.0 Å². The number of nitrogens with zero attached hydrogens (tertiary/aromatic N) is 1. The maximum Gasteiger partial charge on any atom is 0.272 e. The summed E-state index contributed by atoms with van der Waals surface area (Å²) < 4.78 is 17.8. The van der Waals surface area contributed by atoms with Crippen LogP contribution in [-0.2, 0) is 27.4 Å². The van der Waals surface area contributed by atoms with Crippen LogP contribution < -0.4 is 5.32 Å². The van der Waals surface area contributed by atoms with Gasteiger partial charge < -0.3 is 24.3 Å². The van der Waals surface area contributed by atoms with Crippen molar-refractivity contribution in [2.45, 2.75) is 47.6 Å². The number of ether oxygens (including phenoxy) is 2. The molecule has 0 aliphatic carbocycles. The molecule has 11 heteroatoms. The van der Waals surface area contributed by atoms with E-state index in [1.807, 2.05) is 133 Å². The lowest BCUT2D eigenvalue weighted by Gasteiger charge is -2.41. The molecule has 4 atom stereocenters. The van der Waals surface area contributed by atoms with Crippen LogP contribution in [0, 0.1) is 5.92 Å². The van der Waals surface area contributed by atoms with Gasteiger partial charge in [0.1, 0.15) is 5.69 Å². The largest absolute Gasteiger partial charge is 0.431 e. The van der Waals surface area contributed by atoms with Gasteiger partial charge in [0.15, 0.2) is 12.1 Å². The second kappa shape index (κ2) is 17.1. The summed E-state index contributed by atoms with van der Waals surface area (Å²) in [5, 5.41) is 12.9. The molecule has 6 aromatic rings. The van der Waals surface area contributed by atoms with Crippen molar-refractivity contribution in [3.8, 4) is 33.7 Å². The summed E-state index contributed by atoms with van der Waals surface area (Å²) in [5.74, 6) is 0.572. The smallest absolute Gasteiger partial charge is 0.272 e. The van der Waals surface area contributed by atoms with E-state index in [2.05, 4.69) is 12.2 Å². The summed E-state index contributed by atoms with van der Waals surface area (Å²) in [6.07, 6.45) is -1.18. The van der Waals surface area contributed by atoms with Crippen LogP contribution in [0.25, 0.3) is 33.7 Å². The highest BCUT2D eigenvalue weighted by molar-refractivity contribution is 7.99. The minimum Gasteiger partial charge on any atom is -0.431 e. The number of nitrogens with one attached hydrogen (secondary N) is 1. The first-order valence-corrected chi connectivity index (χ1v) is 19.6. The van der Waals surface area contributed by atoms with E-state index in [1.54, 1.807) is 0 Å². The highest BCUT2D eigenvalue weighted by Gasteiger charge is 2.39. The monoisotopic (exact) mass is 798 g/mol. The highest BCUT2D eigenvalue weighted by atomic mass is 35.6. The van der Waals surface area contributed by atoms with Crippen molar-refractivity contribution in [2.75, 3.05) is 5.75 Å². The van der Waals surface area contributed by atoms with Gasteiger partial charge in [-0.3, -0.25) is 4.79 Å². The fourth-order valence-electron chi connectivity index (χ4n) is 6.45. The SMILES string of the molecule is C[C@H]1[C@@H](CSc2nc(-c3ccccc3)c(-c3ccccc3)o2)O[C@@H](c2ccc(-c3ccccc3CNC(=O)C(Cl)(Cl)Cl)cc2)O[C@H]1c1ccc(CO)cc1. The number of carbonyl (C=O) groups excluding carboxylic acids is 1. The van der Waals surface area contributed by atoms with Gasteiger partial charge in [0.05, 0.1) is 18.8 Å². The van der Waals surface area contributed by atoms with Crippen molar-refractivity contribution in [1.29, 1.82) is 0 Å². The second-order valence-corrected chi connectivity index (χ2v) is 16.2. The number of carbonyl (C=O) groups is 1. The van der Waals surface area contributed by atoms with Crippen molar-refractivity contribution < 1.29 is 23.8 Å². The Morgan fingerprint density at radius 1 is 0.778 bits per heavy atom. The van der Waals surface area contributed by atoms with E-state index >= 15 is 0 Å². The molecule has 5 aromatic carbocycles. The topological polar surface area (TPSA) is 93.8 Å². The van der Waals surface area contributed by atoms with Crippen molar-refractivity contribution in [2.24, 2.45) is 5.92 Å². The molecule has 0 radical (unpaired) electrons. The Morgan fingerprint density at radius 2 is 1.41 bits per heavy atom. The number of amides is 1. The standard InChI is InChI=1S/C43H37Cl3N2O5S/c1-27-36(26-54-42-48-37(30-10-4-2-5-11-30)39(53-42)31-12-6-3-7-13-31)51-40(52-38(27)32-18-16-28(25-49)17-19-32)33-22-20-29(21-23-33)35-15-9-8-14-34(35)24-47-41(50)43(44,45)46/h2-23,27,36,38,40,49H,24-26H2,1H3,(H,47,50)/t27-,36+,38+,40+/m0/s1. The molecule has 1 amide bonds. The molecule has 0 bridgehead atoms. The Labute approximate surface area is 333 Å². The molecule has 54 heavy (non-hydrogen) atoms. The molecule has 1 aliphatic heterocycles. The van der Waals surface area contributed by atoms with Crippen molar-refractivity contribution in [1.82, 2.24) is 10.3 Å².